The molecule has 1 aliphatic heterocycles. The Labute approximate surface area is 204 Å². The predicted octanol–water partition coefficient (Wildman–Crippen LogP) is 4.71. The Morgan fingerprint density at radius 2 is 1.86 bits per heavy atom. The number of fused-ring (bicyclic) bond motifs is 1. The molecule has 4 aromatic rings. The van der Waals surface area contributed by atoms with E-state index in [-0.39, 0.29) is 11.8 Å². The SMILES string of the molecule is Cn1ccc(C(=O)Nc2ccccc2C(=O)N2CCC[C@@H](Cc3cccc4cccnc34)CC2)n1. The Kier molecular flexibility index (Phi) is 6.57. The molecule has 7 nitrogen and oxygen atoms in total. The van der Waals surface area contributed by atoms with Crippen molar-refractivity contribution in [1.82, 2.24) is 19.7 Å². The van der Waals surface area contributed by atoms with Gasteiger partial charge >= 0.3 is 0 Å². The maximum atomic E-state index is 13.5. The lowest BCUT2D eigenvalue weighted by molar-refractivity contribution is 0.0761. The Morgan fingerprint density at radius 3 is 2.71 bits per heavy atom. The summed E-state index contributed by atoms with van der Waals surface area (Å²) in [5.74, 6) is 0.124. The fourth-order valence-electron chi connectivity index (χ4n) is 4.89. The minimum absolute atomic E-state index is 0.0469. The molecule has 2 aromatic carbocycles. The van der Waals surface area contributed by atoms with Gasteiger partial charge in [0.15, 0.2) is 5.69 Å². The molecule has 2 aromatic heterocycles. The van der Waals surface area contributed by atoms with Crippen LogP contribution in [0.4, 0.5) is 5.69 Å². The summed E-state index contributed by atoms with van der Waals surface area (Å²) >= 11 is 0. The molecule has 178 valence electrons. The van der Waals surface area contributed by atoms with Crippen LogP contribution in [0.5, 0.6) is 0 Å². The summed E-state index contributed by atoms with van der Waals surface area (Å²) in [6, 6.07) is 19.3. The second kappa shape index (κ2) is 10.1. The van der Waals surface area contributed by atoms with E-state index >= 15 is 0 Å². The minimum atomic E-state index is -0.328. The number of carbonyl (C=O) groups excluding carboxylic acids is 2. The number of amides is 2. The van der Waals surface area contributed by atoms with E-state index < -0.39 is 0 Å². The van der Waals surface area contributed by atoms with Gasteiger partial charge in [-0.15, -0.1) is 0 Å². The van der Waals surface area contributed by atoms with Crippen molar-refractivity contribution in [3.05, 3.63) is 89.9 Å². The van der Waals surface area contributed by atoms with Crippen molar-refractivity contribution in [3.63, 3.8) is 0 Å². The molecule has 0 saturated carbocycles. The third-order valence-corrected chi connectivity index (χ3v) is 6.71. The van der Waals surface area contributed by atoms with Crippen molar-refractivity contribution < 1.29 is 9.59 Å². The summed E-state index contributed by atoms with van der Waals surface area (Å²) < 4.78 is 1.58. The minimum Gasteiger partial charge on any atom is -0.339 e. The van der Waals surface area contributed by atoms with Gasteiger partial charge in [-0.2, -0.15) is 5.10 Å². The van der Waals surface area contributed by atoms with Gasteiger partial charge in [-0.05, 0) is 61.4 Å². The van der Waals surface area contributed by atoms with Crippen molar-refractivity contribution >= 4 is 28.4 Å². The summed E-state index contributed by atoms with van der Waals surface area (Å²) in [5.41, 5.74) is 3.68. The Hall–Kier alpha value is -4.00. The molecule has 1 aliphatic rings. The quantitative estimate of drug-likeness (QED) is 0.461. The van der Waals surface area contributed by atoms with Crippen LogP contribution >= 0.6 is 0 Å². The van der Waals surface area contributed by atoms with Crippen LogP contribution in [-0.2, 0) is 13.5 Å². The molecule has 1 fully saturated rings. The van der Waals surface area contributed by atoms with Gasteiger partial charge in [0.2, 0.25) is 0 Å². The van der Waals surface area contributed by atoms with Crippen LogP contribution in [0.1, 0.15) is 45.7 Å². The van der Waals surface area contributed by atoms with E-state index in [0.29, 0.717) is 36.0 Å². The van der Waals surface area contributed by atoms with Gasteiger partial charge < -0.3 is 10.2 Å². The molecular formula is C28H29N5O2. The number of likely N-dealkylation sites (tertiary alicyclic amines) is 1. The smallest absolute Gasteiger partial charge is 0.276 e. The van der Waals surface area contributed by atoms with Gasteiger partial charge in [0.1, 0.15) is 0 Å². The van der Waals surface area contributed by atoms with Crippen molar-refractivity contribution in [2.75, 3.05) is 18.4 Å². The first-order chi connectivity index (χ1) is 17.1. The fourth-order valence-corrected chi connectivity index (χ4v) is 4.89. The average molecular weight is 468 g/mol. The number of para-hydroxylation sites is 2. The van der Waals surface area contributed by atoms with Gasteiger partial charge in [-0.1, -0.05) is 36.4 Å². The predicted molar refractivity (Wildman–Crippen MR) is 136 cm³/mol. The first-order valence-electron chi connectivity index (χ1n) is 12.1. The molecule has 2 amide bonds. The third kappa shape index (κ3) is 5.09. The number of benzene rings is 2. The van der Waals surface area contributed by atoms with E-state index in [2.05, 4.69) is 39.7 Å². The van der Waals surface area contributed by atoms with E-state index in [1.165, 1.54) is 10.9 Å². The van der Waals surface area contributed by atoms with Crippen LogP contribution in [0.25, 0.3) is 10.9 Å². The second-order valence-electron chi connectivity index (χ2n) is 9.16. The van der Waals surface area contributed by atoms with Crippen LogP contribution in [0.15, 0.2) is 73.1 Å². The monoisotopic (exact) mass is 467 g/mol. The first-order valence-corrected chi connectivity index (χ1v) is 12.1. The van der Waals surface area contributed by atoms with Crippen LogP contribution < -0.4 is 5.32 Å². The maximum absolute atomic E-state index is 13.5. The zero-order valence-corrected chi connectivity index (χ0v) is 19.9. The number of nitrogens with zero attached hydrogens (tertiary/aromatic N) is 4. The molecule has 0 bridgehead atoms. The Morgan fingerprint density at radius 1 is 1.00 bits per heavy atom. The number of nitrogens with one attached hydrogen (secondary N) is 1. The summed E-state index contributed by atoms with van der Waals surface area (Å²) in [4.78, 5) is 32.6. The summed E-state index contributed by atoms with van der Waals surface area (Å²) in [6.07, 6.45) is 7.50. The maximum Gasteiger partial charge on any atom is 0.276 e. The van der Waals surface area contributed by atoms with E-state index in [1.54, 1.807) is 36.1 Å². The highest BCUT2D eigenvalue weighted by Crippen LogP contribution is 2.27. The lowest BCUT2D eigenvalue weighted by Gasteiger charge is -2.22. The van der Waals surface area contributed by atoms with Crippen LogP contribution in [0.3, 0.4) is 0 Å². The number of carbonyl (C=O) groups is 2. The number of aryl methyl sites for hydroxylation is 1. The number of pyridine rings is 1. The van der Waals surface area contributed by atoms with Crippen LogP contribution in [-0.4, -0.2) is 44.6 Å². The molecule has 7 heteroatoms. The second-order valence-corrected chi connectivity index (χ2v) is 9.16. The van der Waals surface area contributed by atoms with E-state index in [0.717, 1.165) is 31.2 Å². The largest absolute Gasteiger partial charge is 0.339 e. The molecule has 0 aliphatic carbocycles. The van der Waals surface area contributed by atoms with Gasteiger partial charge in [-0.25, -0.2) is 0 Å². The van der Waals surface area contributed by atoms with Gasteiger partial charge in [0.25, 0.3) is 11.8 Å². The highest BCUT2D eigenvalue weighted by Gasteiger charge is 2.24. The zero-order chi connectivity index (χ0) is 24.2. The van der Waals surface area contributed by atoms with Crippen molar-refractivity contribution in [2.45, 2.75) is 25.7 Å². The Bertz CT molecular complexity index is 1360. The number of aromatic nitrogens is 3. The molecule has 3 heterocycles. The highest BCUT2D eigenvalue weighted by atomic mass is 16.2. The highest BCUT2D eigenvalue weighted by molar-refractivity contribution is 6.08. The molecule has 35 heavy (non-hydrogen) atoms. The van der Waals surface area contributed by atoms with E-state index in [9.17, 15) is 9.59 Å². The topological polar surface area (TPSA) is 80.1 Å². The Balaban J connectivity index is 1.27. The number of rotatable bonds is 5. The lowest BCUT2D eigenvalue weighted by Crippen LogP contribution is -2.33. The van der Waals surface area contributed by atoms with Crippen molar-refractivity contribution in [1.29, 1.82) is 0 Å². The van der Waals surface area contributed by atoms with E-state index in [1.807, 2.05) is 29.3 Å². The van der Waals surface area contributed by atoms with Gasteiger partial charge in [0.05, 0.1) is 16.8 Å². The normalized spacial score (nSPS) is 16.1. The number of hydrogen-bond donors (Lipinski definition) is 1. The molecule has 0 unspecified atom stereocenters. The fraction of sp³-hybridized carbons (Fsp3) is 0.286. The summed E-state index contributed by atoms with van der Waals surface area (Å²) in [7, 11) is 1.76. The summed E-state index contributed by atoms with van der Waals surface area (Å²) in [6.45, 7) is 1.41. The lowest BCUT2D eigenvalue weighted by atomic mass is 9.91. The average Bonchev–Trinajstić information content (AvgIpc) is 3.18. The third-order valence-electron chi connectivity index (χ3n) is 6.71. The van der Waals surface area contributed by atoms with Gasteiger partial charge in [0, 0.05) is 37.9 Å². The van der Waals surface area contributed by atoms with Crippen LogP contribution in [0.2, 0.25) is 0 Å². The molecule has 0 spiro atoms. The first kappa shape index (κ1) is 22.8. The molecule has 5 rings (SSSR count). The molecule has 1 saturated heterocycles. The molecular weight excluding hydrogens is 438 g/mol. The number of anilines is 1. The van der Waals surface area contributed by atoms with Crippen molar-refractivity contribution in [3.8, 4) is 0 Å². The zero-order valence-electron chi connectivity index (χ0n) is 19.9. The van der Waals surface area contributed by atoms with E-state index in [4.69, 9.17) is 0 Å². The summed E-state index contributed by atoms with van der Waals surface area (Å²) in [5, 5.41) is 8.18. The molecule has 0 radical (unpaired) electrons. The molecule has 1 atom stereocenters. The van der Waals surface area contributed by atoms with Gasteiger partial charge in [-0.3, -0.25) is 19.3 Å². The molecule has 1 N–H and O–H groups in total. The number of hydrogen-bond acceptors (Lipinski definition) is 4. The van der Waals surface area contributed by atoms with Crippen molar-refractivity contribution in [2.24, 2.45) is 13.0 Å². The van der Waals surface area contributed by atoms with Crippen LogP contribution in [0, 0.1) is 5.92 Å². The standard InChI is InChI=1S/C28H29N5O2/c1-32-17-14-25(31-32)27(34)30-24-12-3-2-11-23(24)28(35)33-16-6-7-20(13-18-33)19-22-9-4-8-21-10-5-15-29-26(21)22/h2-5,8-12,14-15,17,20H,6-7,13,16,18-19H2,1H3,(H,30,34)/t20-/m1/s1.